The van der Waals surface area contributed by atoms with Crippen LogP contribution in [0.25, 0.3) is 22.3 Å². The molecule has 0 bridgehead atoms. The van der Waals surface area contributed by atoms with Crippen LogP contribution >= 0.6 is 0 Å². The average Bonchev–Trinajstić information content (AvgIpc) is 3.29. The zero-order valence-corrected chi connectivity index (χ0v) is 19.1. The summed E-state index contributed by atoms with van der Waals surface area (Å²) in [4.78, 5) is 43.0. The summed E-state index contributed by atoms with van der Waals surface area (Å²) >= 11 is 0. The lowest BCUT2D eigenvalue weighted by molar-refractivity contribution is -0.117. The first-order valence-corrected chi connectivity index (χ1v) is 11.0. The second-order valence-corrected chi connectivity index (χ2v) is 8.19. The molecule has 1 aliphatic rings. The summed E-state index contributed by atoms with van der Waals surface area (Å²) < 4.78 is 12.1. The standard InChI is InChI=1S/C26H22N4O5/c1-15-7-9-19(27-16(2)31)18(11-15)25-26(33)30(21-6-4-3-5-20(21)29-25)13-24(32)28-17-8-10-22-23(12-17)35-14-34-22/h3-12H,13-14H2,1-2H3,(H,27,31)(H,28,32). The van der Waals surface area contributed by atoms with E-state index in [0.29, 0.717) is 39.5 Å². The first-order valence-electron chi connectivity index (χ1n) is 11.0. The first-order chi connectivity index (χ1) is 16.9. The van der Waals surface area contributed by atoms with Gasteiger partial charge in [-0.3, -0.25) is 19.0 Å². The summed E-state index contributed by atoms with van der Waals surface area (Å²) in [7, 11) is 0. The number of hydrogen-bond donors (Lipinski definition) is 2. The number of nitrogens with one attached hydrogen (secondary N) is 2. The van der Waals surface area contributed by atoms with Gasteiger partial charge in [-0.25, -0.2) is 4.98 Å². The van der Waals surface area contributed by atoms with Gasteiger partial charge in [-0.1, -0.05) is 23.8 Å². The van der Waals surface area contributed by atoms with Gasteiger partial charge in [-0.2, -0.15) is 0 Å². The molecule has 0 spiro atoms. The van der Waals surface area contributed by atoms with E-state index in [2.05, 4.69) is 15.6 Å². The number of carbonyl (C=O) groups is 2. The number of benzene rings is 3. The Morgan fingerprint density at radius 2 is 1.80 bits per heavy atom. The van der Waals surface area contributed by atoms with Crippen LogP contribution in [0.3, 0.4) is 0 Å². The highest BCUT2D eigenvalue weighted by molar-refractivity contribution is 5.95. The van der Waals surface area contributed by atoms with Crippen molar-refractivity contribution in [3.05, 3.63) is 76.6 Å². The summed E-state index contributed by atoms with van der Waals surface area (Å²) in [5.74, 6) is 0.498. The number of rotatable bonds is 5. The number of ether oxygens (including phenoxy) is 2. The molecule has 9 nitrogen and oxygen atoms in total. The van der Waals surface area contributed by atoms with Crippen molar-refractivity contribution in [2.45, 2.75) is 20.4 Å². The Morgan fingerprint density at radius 3 is 2.63 bits per heavy atom. The van der Waals surface area contributed by atoms with Crippen molar-refractivity contribution in [3.8, 4) is 22.8 Å². The second-order valence-electron chi connectivity index (χ2n) is 8.19. The molecular formula is C26H22N4O5. The van der Waals surface area contributed by atoms with E-state index in [4.69, 9.17) is 9.47 Å². The van der Waals surface area contributed by atoms with Crippen molar-refractivity contribution in [2.75, 3.05) is 17.4 Å². The highest BCUT2D eigenvalue weighted by atomic mass is 16.7. The Balaban J connectivity index is 1.56. The smallest absolute Gasteiger partial charge is 0.278 e. The summed E-state index contributed by atoms with van der Waals surface area (Å²) in [6, 6.07) is 17.6. The third-order valence-electron chi connectivity index (χ3n) is 5.55. The van der Waals surface area contributed by atoms with Gasteiger partial charge in [0, 0.05) is 24.2 Å². The van der Waals surface area contributed by atoms with Crippen molar-refractivity contribution >= 4 is 34.2 Å². The molecule has 5 rings (SSSR count). The second kappa shape index (κ2) is 8.94. The van der Waals surface area contributed by atoms with E-state index in [1.165, 1.54) is 11.5 Å². The Bertz CT molecular complexity index is 1540. The highest BCUT2D eigenvalue weighted by Gasteiger charge is 2.19. The number of nitrogens with zero attached hydrogens (tertiary/aromatic N) is 2. The number of amides is 2. The fraction of sp³-hybridized carbons (Fsp3) is 0.154. The summed E-state index contributed by atoms with van der Waals surface area (Å²) in [6.45, 7) is 3.19. The van der Waals surface area contributed by atoms with E-state index >= 15 is 0 Å². The van der Waals surface area contributed by atoms with Crippen LogP contribution in [0.1, 0.15) is 12.5 Å². The molecule has 3 aromatic carbocycles. The van der Waals surface area contributed by atoms with Gasteiger partial charge in [-0.05, 0) is 43.3 Å². The summed E-state index contributed by atoms with van der Waals surface area (Å²) in [6.07, 6.45) is 0. The molecule has 2 N–H and O–H groups in total. The van der Waals surface area contributed by atoms with Crippen molar-refractivity contribution in [2.24, 2.45) is 0 Å². The monoisotopic (exact) mass is 470 g/mol. The lowest BCUT2D eigenvalue weighted by Crippen LogP contribution is -2.30. The van der Waals surface area contributed by atoms with Gasteiger partial charge in [0.15, 0.2) is 11.5 Å². The zero-order chi connectivity index (χ0) is 24.5. The Morgan fingerprint density at radius 1 is 1.00 bits per heavy atom. The van der Waals surface area contributed by atoms with Crippen molar-refractivity contribution in [1.29, 1.82) is 0 Å². The minimum Gasteiger partial charge on any atom is -0.454 e. The van der Waals surface area contributed by atoms with Crippen LogP contribution in [0, 0.1) is 6.92 Å². The van der Waals surface area contributed by atoms with Gasteiger partial charge in [0.1, 0.15) is 12.2 Å². The van der Waals surface area contributed by atoms with Crippen molar-refractivity contribution in [3.63, 3.8) is 0 Å². The average molecular weight is 470 g/mol. The third-order valence-corrected chi connectivity index (χ3v) is 5.55. The quantitative estimate of drug-likeness (QED) is 0.460. The maximum atomic E-state index is 13.6. The maximum absolute atomic E-state index is 13.6. The fourth-order valence-corrected chi connectivity index (χ4v) is 4.00. The van der Waals surface area contributed by atoms with Crippen LogP contribution in [0.4, 0.5) is 11.4 Å². The van der Waals surface area contributed by atoms with Gasteiger partial charge in [0.25, 0.3) is 5.56 Å². The van der Waals surface area contributed by atoms with E-state index in [1.807, 2.05) is 19.1 Å². The van der Waals surface area contributed by atoms with E-state index in [9.17, 15) is 14.4 Å². The molecular weight excluding hydrogens is 448 g/mol. The van der Waals surface area contributed by atoms with Crippen molar-refractivity contribution < 1.29 is 19.1 Å². The van der Waals surface area contributed by atoms with Crippen LogP contribution in [0.5, 0.6) is 11.5 Å². The minimum absolute atomic E-state index is 0.132. The number of anilines is 2. The highest BCUT2D eigenvalue weighted by Crippen LogP contribution is 2.34. The van der Waals surface area contributed by atoms with Crippen LogP contribution in [0.15, 0.2) is 65.5 Å². The molecule has 0 radical (unpaired) electrons. The lowest BCUT2D eigenvalue weighted by atomic mass is 10.1. The first kappa shape index (κ1) is 22.1. The summed E-state index contributed by atoms with van der Waals surface area (Å²) in [5, 5.41) is 5.57. The lowest BCUT2D eigenvalue weighted by Gasteiger charge is -2.15. The van der Waals surface area contributed by atoms with Crippen LogP contribution < -0.4 is 25.7 Å². The molecule has 9 heteroatoms. The van der Waals surface area contributed by atoms with Gasteiger partial charge in [0.05, 0.1) is 16.7 Å². The number of hydrogen-bond acceptors (Lipinski definition) is 6. The SMILES string of the molecule is CC(=O)Nc1ccc(C)cc1-c1nc2ccccc2n(CC(=O)Nc2ccc3c(c2)OCO3)c1=O. The van der Waals surface area contributed by atoms with E-state index in [-0.39, 0.29) is 30.8 Å². The minimum atomic E-state index is -0.443. The van der Waals surface area contributed by atoms with Gasteiger partial charge in [-0.15, -0.1) is 0 Å². The molecule has 35 heavy (non-hydrogen) atoms. The van der Waals surface area contributed by atoms with E-state index < -0.39 is 5.56 Å². The maximum Gasteiger partial charge on any atom is 0.278 e. The predicted octanol–water partition coefficient (Wildman–Crippen LogP) is 3.70. The van der Waals surface area contributed by atoms with Gasteiger partial charge < -0.3 is 20.1 Å². The van der Waals surface area contributed by atoms with E-state index in [0.717, 1.165) is 5.56 Å². The molecule has 2 heterocycles. The molecule has 0 aliphatic carbocycles. The number of para-hydroxylation sites is 2. The van der Waals surface area contributed by atoms with Crippen LogP contribution in [-0.2, 0) is 16.1 Å². The van der Waals surface area contributed by atoms with Gasteiger partial charge in [0.2, 0.25) is 18.6 Å². The Hall–Kier alpha value is -4.66. The zero-order valence-electron chi connectivity index (χ0n) is 19.1. The molecule has 2 amide bonds. The fourth-order valence-electron chi connectivity index (χ4n) is 4.00. The molecule has 176 valence electrons. The molecule has 0 atom stereocenters. The normalized spacial score (nSPS) is 11.9. The number of aromatic nitrogens is 2. The molecule has 1 aromatic heterocycles. The molecule has 0 unspecified atom stereocenters. The van der Waals surface area contributed by atoms with Crippen molar-refractivity contribution in [1.82, 2.24) is 9.55 Å². The van der Waals surface area contributed by atoms with Crippen LogP contribution in [-0.4, -0.2) is 28.2 Å². The molecule has 0 saturated carbocycles. The largest absolute Gasteiger partial charge is 0.454 e. The van der Waals surface area contributed by atoms with E-state index in [1.54, 1.807) is 48.5 Å². The third kappa shape index (κ3) is 4.43. The Labute approximate surface area is 200 Å². The summed E-state index contributed by atoms with van der Waals surface area (Å²) in [5.41, 5.74) is 3.16. The van der Waals surface area contributed by atoms with Gasteiger partial charge >= 0.3 is 0 Å². The molecule has 4 aromatic rings. The predicted molar refractivity (Wildman–Crippen MR) is 132 cm³/mol. The number of aryl methyl sites for hydroxylation is 1. The molecule has 1 aliphatic heterocycles. The van der Waals surface area contributed by atoms with Crippen LogP contribution in [0.2, 0.25) is 0 Å². The molecule has 0 fully saturated rings. The topological polar surface area (TPSA) is 112 Å². The molecule has 0 saturated heterocycles. The number of carbonyl (C=O) groups excluding carboxylic acids is 2. The number of fused-ring (bicyclic) bond motifs is 2. The Kier molecular flexibility index (Phi) is 5.66.